The van der Waals surface area contributed by atoms with Gasteiger partial charge in [0, 0.05) is 30.9 Å². The van der Waals surface area contributed by atoms with Gasteiger partial charge in [-0.15, -0.1) is 23.7 Å². The van der Waals surface area contributed by atoms with Crippen LogP contribution >= 0.6 is 23.7 Å². The highest BCUT2D eigenvalue weighted by Crippen LogP contribution is 2.19. The molecule has 0 saturated carbocycles. The lowest BCUT2D eigenvalue weighted by Gasteiger charge is -2.11. The highest BCUT2D eigenvalue weighted by atomic mass is 35.5. The van der Waals surface area contributed by atoms with E-state index in [0.29, 0.717) is 24.5 Å². The summed E-state index contributed by atoms with van der Waals surface area (Å²) < 4.78 is 12.9. The zero-order valence-corrected chi connectivity index (χ0v) is 14.2. The summed E-state index contributed by atoms with van der Waals surface area (Å²) in [5.74, 6) is 0.294. The van der Waals surface area contributed by atoms with Gasteiger partial charge in [0.05, 0.1) is 11.8 Å². The van der Waals surface area contributed by atoms with Crippen LogP contribution in [-0.2, 0) is 6.54 Å². The van der Waals surface area contributed by atoms with Crippen molar-refractivity contribution in [3.8, 4) is 10.8 Å². The third-order valence-corrected chi connectivity index (χ3v) is 4.09. The highest BCUT2D eigenvalue weighted by molar-refractivity contribution is 7.13. The molecule has 1 aromatic carbocycles. The fourth-order valence-electron chi connectivity index (χ4n) is 2.04. The lowest BCUT2D eigenvalue weighted by molar-refractivity contribution is 0.174. The maximum atomic E-state index is 12.9. The Bertz CT molecular complexity index is 754. The summed E-state index contributed by atoms with van der Waals surface area (Å²) >= 11 is 1.48. The molecule has 0 radical (unpaired) electrons. The van der Waals surface area contributed by atoms with Crippen LogP contribution < -0.4 is 5.32 Å². The molecule has 2 N–H and O–H groups in total. The molecule has 0 amide bonds. The van der Waals surface area contributed by atoms with Gasteiger partial charge in [0.15, 0.2) is 10.8 Å². The van der Waals surface area contributed by atoms with E-state index in [-0.39, 0.29) is 18.2 Å². The van der Waals surface area contributed by atoms with Crippen LogP contribution in [0.25, 0.3) is 10.8 Å². The number of thiazole rings is 1. The summed E-state index contributed by atoms with van der Waals surface area (Å²) in [6, 6.07) is 7.59. The maximum Gasteiger partial charge on any atom is 0.188 e. The summed E-state index contributed by atoms with van der Waals surface area (Å²) in [5.41, 5.74) is 1.54. The van der Waals surface area contributed by atoms with Gasteiger partial charge in [-0.3, -0.25) is 0 Å². The molecule has 2 heterocycles. The minimum atomic E-state index is -0.689. The van der Waals surface area contributed by atoms with Crippen molar-refractivity contribution in [3.63, 3.8) is 0 Å². The van der Waals surface area contributed by atoms with Crippen molar-refractivity contribution in [2.75, 3.05) is 6.54 Å². The lowest BCUT2D eigenvalue weighted by Crippen LogP contribution is -2.21. The first-order valence-corrected chi connectivity index (χ1v) is 7.96. The minimum Gasteiger partial charge on any atom is -0.387 e. The molecule has 126 valence electrons. The number of nitrogens with one attached hydrogen (secondary N) is 1. The number of benzene rings is 1. The maximum absolute atomic E-state index is 12.9. The molecular weight excluding hydrogens is 351 g/mol. The van der Waals surface area contributed by atoms with Gasteiger partial charge in [-0.25, -0.2) is 19.3 Å². The van der Waals surface area contributed by atoms with Crippen molar-refractivity contribution in [3.05, 3.63) is 65.2 Å². The van der Waals surface area contributed by atoms with Crippen LogP contribution in [0.3, 0.4) is 0 Å². The van der Waals surface area contributed by atoms with Crippen LogP contribution in [-0.4, -0.2) is 26.6 Å². The first-order valence-electron chi connectivity index (χ1n) is 7.08. The Morgan fingerprint density at radius 1 is 1.17 bits per heavy atom. The molecule has 0 aliphatic heterocycles. The predicted octanol–water partition coefficient (Wildman–Crippen LogP) is 2.98. The first-order chi connectivity index (χ1) is 11.2. The van der Waals surface area contributed by atoms with Gasteiger partial charge in [-0.2, -0.15) is 0 Å². The fraction of sp³-hybridized carbons (Fsp3) is 0.188. The monoisotopic (exact) mass is 366 g/mol. The van der Waals surface area contributed by atoms with Crippen molar-refractivity contribution in [2.45, 2.75) is 12.6 Å². The van der Waals surface area contributed by atoms with E-state index >= 15 is 0 Å². The molecule has 0 aliphatic rings. The second-order valence-electron chi connectivity index (χ2n) is 4.91. The molecule has 0 aliphatic carbocycles. The lowest BCUT2D eigenvalue weighted by atomic mass is 10.1. The topological polar surface area (TPSA) is 70.9 Å². The Balaban J connectivity index is 0.00000208. The van der Waals surface area contributed by atoms with Crippen molar-refractivity contribution in [1.82, 2.24) is 20.3 Å². The second kappa shape index (κ2) is 8.79. The number of aliphatic hydroxyl groups excluding tert-OH is 1. The molecule has 24 heavy (non-hydrogen) atoms. The zero-order chi connectivity index (χ0) is 16.1. The first kappa shape index (κ1) is 18.4. The molecule has 3 aromatic rings. The van der Waals surface area contributed by atoms with Crippen LogP contribution in [0.15, 0.2) is 48.1 Å². The van der Waals surface area contributed by atoms with E-state index in [4.69, 9.17) is 0 Å². The van der Waals surface area contributed by atoms with Gasteiger partial charge in [-0.05, 0) is 23.8 Å². The van der Waals surface area contributed by atoms with Crippen molar-refractivity contribution in [1.29, 1.82) is 0 Å². The van der Waals surface area contributed by atoms with E-state index in [1.54, 1.807) is 30.6 Å². The second-order valence-corrected chi connectivity index (χ2v) is 5.77. The molecule has 2 aromatic heterocycles. The van der Waals surface area contributed by atoms with Gasteiger partial charge in [0.2, 0.25) is 0 Å². The van der Waals surface area contributed by atoms with E-state index in [1.165, 1.54) is 23.5 Å². The predicted molar refractivity (Wildman–Crippen MR) is 93.5 cm³/mol. The summed E-state index contributed by atoms with van der Waals surface area (Å²) in [5, 5.41) is 15.9. The standard InChI is InChI=1S/C16H15FN4OS.ClH/c17-12-4-2-11(3-5-12)14(22)9-18-8-13-10-23-16(21-13)15-19-6-1-7-20-15;/h1-7,10,14,18,22H,8-9H2;1H. The number of hydrogen-bond acceptors (Lipinski definition) is 6. The summed E-state index contributed by atoms with van der Waals surface area (Å²) in [6.07, 6.45) is 2.67. The molecule has 1 atom stereocenters. The van der Waals surface area contributed by atoms with Crippen LogP contribution in [0.1, 0.15) is 17.4 Å². The van der Waals surface area contributed by atoms with E-state index in [0.717, 1.165) is 10.7 Å². The Labute approximate surface area is 149 Å². The summed E-state index contributed by atoms with van der Waals surface area (Å²) in [6.45, 7) is 0.891. The third kappa shape index (κ3) is 4.78. The quantitative estimate of drug-likeness (QED) is 0.701. The Morgan fingerprint density at radius 3 is 2.58 bits per heavy atom. The van der Waals surface area contributed by atoms with Gasteiger partial charge >= 0.3 is 0 Å². The van der Waals surface area contributed by atoms with Gasteiger partial charge in [0.25, 0.3) is 0 Å². The molecule has 8 heteroatoms. The number of halogens is 2. The van der Waals surface area contributed by atoms with E-state index in [9.17, 15) is 9.50 Å². The molecule has 0 spiro atoms. The average Bonchev–Trinajstić information content (AvgIpc) is 3.05. The highest BCUT2D eigenvalue weighted by Gasteiger charge is 2.09. The number of hydrogen-bond donors (Lipinski definition) is 2. The van der Waals surface area contributed by atoms with E-state index < -0.39 is 6.10 Å². The molecule has 5 nitrogen and oxygen atoms in total. The van der Waals surface area contributed by atoms with Crippen LogP contribution in [0.4, 0.5) is 4.39 Å². The Kier molecular flexibility index (Phi) is 6.74. The third-order valence-electron chi connectivity index (χ3n) is 3.21. The number of aliphatic hydroxyl groups is 1. The average molecular weight is 367 g/mol. The summed E-state index contributed by atoms with van der Waals surface area (Å²) in [7, 11) is 0. The smallest absolute Gasteiger partial charge is 0.188 e. The van der Waals surface area contributed by atoms with Crippen LogP contribution in [0.2, 0.25) is 0 Å². The molecule has 0 fully saturated rings. The zero-order valence-electron chi connectivity index (χ0n) is 12.6. The molecular formula is C16H16ClFN4OS. The van der Waals surface area contributed by atoms with Crippen molar-refractivity contribution < 1.29 is 9.50 Å². The summed E-state index contributed by atoms with van der Waals surface area (Å²) in [4.78, 5) is 12.8. The Hall–Kier alpha value is -1.93. The molecule has 0 bridgehead atoms. The Morgan fingerprint density at radius 2 is 1.88 bits per heavy atom. The van der Waals surface area contributed by atoms with Crippen LogP contribution in [0.5, 0.6) is 0 Å². The van der Waals surface area contributed by atoms with Gasteiger partial charge in [-0.1, -0.05) is 12.1 Å². The largest absolute Gasteiger partial charge is 0.387 e. The fourth-order valence-corrected chi connectivity index (χ4v) is 2.80. The minimum absolute atomic E-state index is 0. The normalized spacial score (nSPS) is 11.8. The van der Waals surface area contributed by atoms with E-state index in [2.05, 4.69) is 20.3 Å². The van der Waals surface area contributed by atoms with Gasteiger partial charge < -0.3 is 10.4 Å². The number of aromatic nitrogens is 3. The molecule has 1 unspecified atom stereocenters. The number of nitrogens with zero attached hydrogens (tertiary/aromatic N) is 3. The van der Waals surface area contributed by atoms with Gasteiger partial charge in [0.1, 0.15) is 5.82 Å². The SMILES string of the molecule is Cl.OC(CNCc1csc(-c2ncccn2)n1)c1ccc(F)cc1. The molecule has 0 saturated heterocycles. The van der Waals surface area contributed by atoms with Crippen molar-refractivity contribution in [2.24, 2.45) is 0 Å². The van der Waals surface area contributed by atoms with E-state index in [1.807, 2.05) is 5.38 Å². The van der Waals surface area contributed by atoms with Crippen molar-refractivity contribution >= 4 is 23.7 Å². The number of rotatable bonds is 6. The van der Waals surface area contributed by atoms with Crippen LogP contribution in [0, 0.1) is 5.82 Å². The molecule has 3 rings (SSSR count).